The molecular formula is C11H11NO2. The maximum absolute atomic E-state index is 11.7. The van der Waals surface area contributed by atoms with Crippen LogP contribution in [0.3, 0.4) is 0 Å². The Balaban J connectivity index is 2.61. The van der Waals surface area contributed by atoms with Gasteiger partial charge in [0.25, 0.3) is 5.91 Å². The summed E-state index contributed by atoms with van der Waals surface area (Å²) in [4.78, 5) is 24.6. The molecule has 14 heavy (non-hydrogen) atoms. The fourth-order valence-electron chi connectivity index (χ4n) is 1.77. The smallest absolute Gasteiger partial charge is 0.260 e. The van der Waals surface area contributed by atoms with Gasteiger partial charge in [0, 0.05) is 12.6 Å². The van der Waals surface area contributed by atoms with Gasteiger partial charge in [0.1, 0.15) is 0 Å². The van der Waals surface area contributed by atoms with E-state index >= 15 is 0 Å². The molecule has 0 aromatic rings. The van der Waals surface area contributed by atoms with Crippen molar-refractivity contribution in [3.63, 3.8) is 0 Å². The Morgan fingerprint density at radius 1 is 1.29 bits per heavy atom. The third-order valence-electron chi connectivity index (χ3n) is 2.70. The Labute approximate surface area is 82.4 Å². The summed E-state index contributed by atoms with van der Waals surface area (Å²) in [6.07, 6.45) is 7.19. The lowest BCUT2D eigenvalue weighted by atomic mass is 9.90. The zero-order chi connectivity index (χ0) is 10.3. The highest BCUT2D eigenvalue weighted by Crippen LogP contribution is 2.28. The van der Waals surface area contributed by atoms with E-state index in [1.165, 1.54) is 11.9 Å². The summed E-state index contributed by atoms with van der Waals surface area (Å²) in [7, 11) is 1.52. The van der Waals surface area contributed by atoms with E-state index in [1.807, 2.05) is 19.1 Å². The monoisotopic (exact) mass is 189 g/mol. The van der Waals surface area contributed by atoms with E-state index in [0.29, 0.717) is 5.57 Å². The normalized spacial score (nSPS) is 25.9. The molecule has 3 heteroatoms. The maximum Gasteiger partial charge on any atom is 0.260 e. The number of imide groups is 1. The van der Waals surface area contributed by atoms with Crippen molar-refractivity contribution in [3.8, 4) is 0 Å². The molecule has 3 nitrogen and oxygen atoms in total. The van der Waals surface area contributed by atoms with Crippen LogP contribution in [0.5, 0.6) is 0 Å². The van der Waals surface area contributed by atoms with E-state index in [-0.39, 0.29) is 17.7 Å². The molecule has 0 spiro atoms. The Hall–Kier alpha value is -1.64. The summed E-state index contributed by atoms with van der Waals surface area (Å²) in [5.41, 5.74) is 1.49. The zero-order valence-corrected chi connectivity index (χ0v) is 8.15. The summed E-state index contributed by atoms with van der Waals surface area (Å²) in [5, 5.41) is 0. The summed E-state index contributed by atoms with van der Waals surface area (Å²) in [6.45, 7) is 1.84. The van der Waals surface area contributed by atoms with Gasteiger partial charge in [0.15, 0.2) is 0 Å². The first-order chi connectivity index (χ1) is 6.63. The molecule has 1 aliphatic carbocycles. The summed E-state index contributed by atoms with van der Waals surface area (Å²) in [5.74, 6) is -0.609. The van der Waals surface area contributed by atoms with Crippen molar-refractivity contribution in [1.29, 1.82) is 0 Å². The second kappa shape index (κ2) is 2.94. The first-order valence-corrected chi connectivity index (χ1v) is 4.50. The molecular weight excluding hydrogens is 178 g/mol. The predicted octanol–water partition coefficient (Wildman–Crippen LogP) is 1.04. The van der Waals surface area contributed by atoms with Crippen LogP contribution in [-0.2, 0) is 9.59 Å². The number of rotatable bonds is 0. The Bertz CT molecular complexity index is 402. The van der Waals surface area contributed by atoms with Crippen LogP contribution < -0.4 is 0 Å². The molecule has 1 aliphatic heterocycles. The topological polar surface area (TPSA) is 37.4 Å². The van der Waals surface area contributed by atoms with E-state index in [0.717, 1.165) is 5.57 Å². The van der Waals surface area contributed by atoms with Gasteiger partial charge in [-0.25, -0.2) is 0 Å². The molecule has 0 aromatic carbocycles. The molecule has 0 saturated heterocycles. The van der Waals surface area contributed by atoms with E-state index in [2.05, 4.69) is 0 Å². The number of carbonyl (C=O) groups is 2. The van der Waals surface area contributed by atoms with Gasteiger partial charge in [0.05, 0.1) is 5.92 Å². The molecule has 0 fully saturated rings. The lowest BCUT2D eigenvalue weighted by Gasteiger charge is -2.27. The second-order valence-electron chi connectivity index (χ2n) is 3.52. The van der Waals surface area contributed by atoms with E-state index < -0.39 is 0 Å². The fraction of sp³-hybridized carbons (Fsp3) is 0.273. The molecule has 2 amide bonds. The quantitative estimate of drug-likeness (QED) is 0.534. The highest BCUT2D eigenvalue weighted by Gasteiger charge is 2.34. The van der Waals surface area contributed by atoms with Crippen LogP contribution >= 0.6 is 0 Å². The largest absolute Gasteiger partial charge is 0.281 e. The minimum absolute atomic E-state index is 0.142. The van der Waals surface area contributed by atoms with Crippen molar-refractivity contribution in [2.24, 2.45) is 5.92 Å². The number of hydrogen-bond acceptors (Lipinski definition) is 2. The molecule has 0 saturated carbocycles. The molecule has 0 N–H and O–H groups in total. The zero-order valence-electron chi connectivity index (χ0n) is 8.15. The number of fused-ring (bicyclic) bond motifs is 1. The predicted molar refractivity (Wildman–Crippen MR) is 52.2 cm³/mol. The van der Waals surface area contributed by atoms with E-state index in [4.69, 9.17) is 0 Å². The Kier molecular flexibility index (Phi) is 1.88. The maximum atomic E-state index is 11.7. The van der Waals surface area contributed by atoms with Gasteiger partial charge in [0.2, 0.25) is 5.91 Å². The van der Waals surface area contributed by atoms with Crippen LogP contribution in [0.1, 0.15) is 6.92 Å². The molecule has 1 unspecified atom stereocenters. The van der Waals surface area contributed by atoms with Gasteiger partial charge in [-0.2, -0.15) is 0 Å². The fourth-order valence-corrected chi connectivity index (χ4v) is 1.77. The molecule has 72 valence electrons. The van der Waals surface area contributed by atoms with Crippen molar-refractivity contribution in [2.45, 2.75) is 6.92 Å². The standard InChI is InChI=1S/C11H11NO2/c1-7-8-5-3-4-6-9(7)11(14)12(2)10(8)13/h3-6,8H,1-2H3. The van der Waals surface area contributed by atoms with Crippen LogP contribution in [0, 0.1) is 5.92 Å². The van der Waals surface area contributed by atoms with E-state index in [1.54, 1.807) is 12.2 Å². The third kappa shape index (κ3) is 1.05. The van der Waals surface area contributed by atoms with Gasteiger partial charge in [-0.3, -0.25) is 14.5 Å². The van der Waals surface area contributed by atoms with Crippen molar-refractivity contribution < 1.29 is 9.59 Å². The third-order valence-corrected chi connectivity index (χ3v) is 2.70. The minimum Gasteiger partial charge on any atom is -0.281 e. The molecule has 0 radical (unpaired) electrons. The number of hydrogen-bond donors (Lipinski definition) is 0. The molecule has 1 atom stereocenters. The SMILES string of the molecule is CC1=C2C=CC=CC1C(=O)N(C)C2=O. The average Bonchev–Trinajstić information content (AvgIpc) is 2.33. The van der Waals surface area contributed by atoms with Gasteiger partial charge in [-0.1, -0.05) is 18.2 Å². The van der Waals surface area contributed by atoms with Crippen LogP contribution in [-0.4, -0.2) is 23.8 Å². The van der Waals surface area contributed by atoms with Crippen LogP contribution in [0.15, 0.2) is 35.5 Å². The summed E-state index contributed by atoms with van der Waals surface area (Å²) < 4.78 is 0. The van der Waals surface area contributed by atoms with Crippen LogP contribution in [0.25, 0.3) is 0 Å². The van der Waals surface area contributed by atoms with Crippen molar-refractivity contribution >= 4 is 11.8 Å². The Morgan fingerprint density at radius 3 is 2.71 bits per heavy atom. The highest BCUT2D eigenvalue weighted by molar-refractivity contribution is 6.11. The number of amides is 2. The van der Waals surface area contributed by atoms with Crippen molar-refractivity contribution in [3.05, 3.63) is 35.5 Å². The van der Waals surface area contributed by atoms with Gasteiger partial charge < -0.3 is 0 Å². The van der Waals surface area contributed by atoms with Gasteiger partial charge in [-0.15, -0.1) is 0 Å². The number of carbonyl (C=O) groups excluding carboxylic acids is 2. The average molecular weight is 189 g/mol. The molecule has 2 aliphatic rings. The van der Waals surface area contributed by atoms with Crippen LogP contribution in [0.4, 0.5) is 0 Å². The molecule has 2 rings (SSSR count). The summed E-state index contributed by atoms with van der Waals surface area (Å²) in [6, 6.07) is 0. The second-order valence-corrected chi connectivity index (χ2v) is 3.52. The first kappa shape index (κ1) is 8.94. The minimum atomic E-state index is -0.261. The van der Waals surface area contributed by atoms with Gasteiger partial charge in [-0.05, 0) is 18.6 Å². The van der Waals surface area contributed by atoms with Gasteiger partial charge >= 0.3 is 0 Å². The number of nitrogens with zero attached hydrogens (tertiary/aromatic N) is 1. The molecule has 2 bridgehead atoms. The first-order valence-electron chi connectivity index (χ1n) is 4.50. The number of likely N-dealkylation sites (N-methyl/N-ethyl adjacent to an activating group) is 1. The lowest BCUT2D eigenvalue weighted by molar-refractivity contribution is -0.143. The molecule has 1 heterocycles. The van der Waals surface area contributed by atoms with Crippen LogP contribution in [0.2, 0.25) is 0 Å². The summed E-state index contributed by atoms with van der Waals surface area (Å²) >= 11 is 0. The van der Waals surface area contributed by atoms with Crippen molar-refractivity contribution in [2.75, 3.05) is 7.05 Å². The number of allylic oxidation sites excluding steroid dienone is 2. The van der Waals surface area contributed by atoms with E-state index in [9.17, 15) is 9.59 Å². The Morgan fingerprint density at radius 2 is 2.00 bits per heavy atom. The lowest BCUT2D eigenvalue weighted by Crippen LogP contribution is -2.42. The van der Waals surface area contributed by atoms with Crippen molar-refractivity contribution in [1.82, 2.24) is 4.90 Å². The highest BCUT2D eigenvalue weighted by atomic mass is 16.2. The molecule has 0 aromatic heterocycles.